The van der Waals surface area contributed by atoms with Gasteiger partial charge in [-0.05, 0) is 56.9 Å². The summed E-state index contributed by atoms with van der Waals surface area (Å²) in [6, 6.07) is 0. The number of hydrogen-bond donors (Lipinski definition) is 1. The Morgan fingerprint density at radius 1 is 1.11 bits per heavy atom. The molecule has 1 saturated carbocycles. The van der Waals surface area contributed by atoms with Gasteiger partial charge >= 0.3 is 0 Å². The maximum Gasteiger partial charge on any atom is 0.225 e. The highest BCUT2D eigenvalue weighted by atomic mass is 35.5. The summed E-state index contributed by atoms with van der Waals surface area (Å²) in [6.45, 7) is 5.05. The van der Waals surface area contributed by atoms with E-state index in [1.807, 2.05) is 0 Å². The SMILES string of the molecule is CC1CCN(C(=O)C2CCC(CN)CC2)CC1.Cl. The van der Waals surface area contributed by atoms with E-state index in [0.29, 0.717) is 17.7 Å². The molecule has 1 aliphatic carbocycles. The Morgan fingerprint density at radius 3 is 2.17 bits per heavy atom. The van der Waals surface area contributed by atoms with Crippen LogP contribution in [0.3, 0.4) is 0 Å². The van der Waals surface area contributed by atoms with Crippen molar-refractivity contribution in [2.45, 2.75) is 45.4 Å². The number of rotatable bonds is 2. The lowest BCUT2D eigenvalue weighted by atomic mass is 9.81. The minimum Gasteiger partial charge on any atom is -0.342 e. The van der Waals surface area contributed by atoms with Crippen LogP contribution in [0.4, 0.5) is 0 Å². The van der Waals surface area contributed by atoms with E-state index in [4.69, 9.17) is 5.73 Å². The molecule has 0 atom stereocenters. The van der Waals surface area contributed by atoms with E-state index in [9.17, 15) is 4.79 Å². The zero-order valence-electron chi connectivity index (χ0n) is 11.4. The van der Waals surface area contributed by atoms with E-state index in [2.05, 4.69) is 11.8 Å². The highest BCUT2D eigenvalue weighted by Gasteiger charge is 2.30. The molecule has 2 rings (SSSR count). The first-order chi connectivity index (χ1) is 8.20. The van der Waals surface area contributed by atoms with Gasteiger partial charge in [0.15, 0.2) is 0 Å². The van der Waals surface area contributed by atoms with E-state index in [1.54, 1.807) is 0 Å². The summed E-state index contributed by atoms with van der Waals surface area (Å²) >= 11 is 0. The number of likely N-dealkylation sites (tertiary alicyclic amines) is 1. The average molecular weight is 275 g/mol. The van der Waals surface area contributed by atoms with Gasteiger partial charge in [-0.25, -0.2) is 0 Å². The maximum absolute atomic E-state index is 12.3. The summed E-state index contributed by atoms with van der Waals surface area (Å²) in [4.78, 5) is 14.5. The molecule has 1 amide bonds. The second-order valence-corrected chi connectivity index (χ2v) is 5.96. The first kappa shape index (κ1) is 15.8. The molecule has 0 aromatic heterocycles. The molecule has 2 aliphatic rings. The van der Waals surface area contributed by atoms with Crippen LogP contribution >= 0.6 is 12.4 Å². The minimum absolute atomic E-state index is 0. The topological polar surface area (TPSA) is 46.3 Å². The number of amides is 1. The van der Waals surface area contributed by atoms with Crippen molar-refractivity contribution in [3.05, 3.63) is 0 Å². The summed E-state index contributed by atoms with van der Waals surface area (Å²) in [5.74, 6) is 2.19. The fourth-order valence-electron chi connectivity index (χ4n) is 3.13. The third-order valence-electron chi connectivity index (χ3n) is 4.62. The molecule has 0 spiro atoms. The van der Waals surface area contributed by atoms with Crippen LogP contribution in [0, 0.1) is 17.8 Å². The quantitative estimate of drug-likeness (QED) is 0.841. The number of halogens is 1. The summed E-state index contributed by atoms with van der Waals surface area (Å²) < 4.78 is 0. The highest BCUT2D eigenvalue weighted by Crippen LogP contribution is 2.30. The van der Waals surface area contributed by atoms with E-state index in [1.165, 1.54) is 12.8 Å². The van der Waals surface area contributed by atoms with Crippen molar-refractivity contribution < 1.29 is 4.79 Å². The van der Waals surface area contributed by atoms with E-state index in [-0.39, 0.29) is 12.4 Å². The fraction of sp³-hybridized carbons (Fsp3) is 0.929. The van der Waals surface area contributed by atoms with Crippen molar-refractivity contribution in [2.75, 3.05) is 19.6 Å². The molecule has 1 heterocycles. The number of nitrogens with zero attached hydrogens (tertiary/aromatic N) is 1. The van der Waals surface area contributed by atoms with Crippen molar-refractivity contribution >= 4 is 18.3 Å². The number of nitrogens with two attached hydrogens (primary N) is 1. The molecule has 0 bridgehead atoms. The van der Waals surface area contributed by atoms with Gasteiger partial charge in [-0.15, -0.1) is 12.4 Å². The Bertz CT molecular complexity index is 257. The van der Waals surface area contributed by atoms with Crippen molar-refractivity contribution in [1.82, 2.24) is 4.90 Å². The number of carbonyl (C=O) groups is 1. The Labute approximate surface area is 117 Å². The minimum atomic E-state index is 0. The van der Waals surface area contributed by atoms with Crippen molar-refractivity contribution in [3.63, 3.8) is 0 Å². The lowest BCUT2D eigenvalue weighted by Gasteiger charge is -2.35. The Hall–Kier alpha value is -0.280. The van der Waals surface area contributed by atoms with Gasteiger partial charge in [-0.3, -0.25) is 4.79 Å². The van der Waals surface area contributed by atoms with Crippen molar-refractivity contribution in [1.29, 1.82) is 0 Å². The smallest absolute Gasteiger partial charge is 0.225 e. The van der Waals surface area contributed by atoms with Gasteiger partial charge in [0.2, 0.25) is 5.91 Å². The zero-order valence-corrected chi connectivity index (χ0v) is 12.3. The maximum atomic E-state index is 12.3. The summed E-state index contributed by atoms with van der Waals surface area (Å²) in [7, 11) is 0. The number of piperidine rings is 1. The molecular weight excluding hydrogens is 248 g/mol. The van der Waals surface area contributed by atoms with Gasteiger partial charge in [-0.2, -0.15) is 0 Å². The van der Waals surface area contributed by atoms with Crippen LogP contribution in [0.25, 0.3) is 0 Å². The van der Waals surface area contributed by atoms with Gasteiger partial charge in [-0.1, -0.05) is 6.92 Å². The van der Waals surface area contributed by atoms with Gasteiger partial charge in [0.25, 0.3) is 0 Å². The molecule has 2 fully saturated rings. The standard InChI is InChI=1S/C14H26N2O.ClH/c1-11-6-8-16(9-7-11)14(17)13-4-2-12(10-15)3-5-13;/h11-13H,2-10,15H2,1H3;1H. The van der Waals surface area contributed by atoms with Crippen LogP contribution in [-0.4, -0.2) is 30.4 Å². The number of hydrogen-bond acceptors (Lipinski definition) is 2. The highest BCUT2D eigenvalue weighted by molar-refractivity contribution is 5.85. The molecule has 0 radical (unpaired) electrons. The molecule has 2 N–H and O–H groups in total. The lowest BCUT2D eigenvalue weighted by Crippen LogP contribution is -2.42. The predicted molar refractivity (Wildman–Crippen MR) is 76.7 cm³/mol. The monoisotopic (exact) mass is 274 g/mol. The molecule has 0 unspecified atom stereocenters. The first-order valence-electron chi connectivity index (χ1n) is 7.19. The molecular formula is C14H27ClN2O. The Balaban J connectivity index is 0.00000162. The third-order valence-corrected chi connectivity index (χ3v) is 4.62. The molecule has 18 heavy (non-hydrogen) atoms. The largest absolute Gasteiger partial charge is 0.342 e. The Morgan fingerprint density at radius 2 is 1.67 bits per heavy atom. The van der Waals surface area contributed by atoms with Crippen molar-refractivity contribution in [3.8, 4) is 0 Å². The van der Waals surface area contributed by atoms with E-state index >= 15 is 0 Å². The lowest BCUT2D eigenvalue weighted by molar-refractivity contribution is -0.138. The van der Waals surface area contributed by atoms with Gasteiger partial charge in [0.1, 0.15) is 0 Å². The van der Waals surface area contributed by atoms with Gasteiger partial charge in [0.05, 0.1) is 0 Å². The number of carbonyl (C=O) groups excluding carboxylic acids is 1. The van der Waals surface area contributed by atoms with Crippen molar-refractivity contribution in [2.24, 2.45) is 23.5 Å². The van der Waals surface area contributed by atoms with Gasteiger partial charge < -0.3 is 10.6 Å². The third kappa shape index (κ3) is 3.86. The average Bonchev–Trinajstić information content (AvgIpc) is 2.39. The van der Waals surface area contributed by atoms with Crippen LogP contribution in [-0.2, 0) is 4.79 Å². The zero-order chi connectivity index (χ0) is 12.3. The summed E-state index contributed by atoms with van der Waals surface area (Å²) in [6.07, 6.45) is 6.79. The molecule has 1 aliphatic heterocycles. The van der Waals surface area contributed by atoms with E-state index in [0.717, 1.165) is 51.2 Å². The predicted octanol–water partition coefficient (Wildman–Crippen LogP) is 2.43. The second kappa shape index (κ2) is 7.34. The molecule has 3 nitrogen and oxygen atoms in total. The first-order valence-corrected chi connectivity index (χ1v) is 7.19. The van der Waals surface area contributed by atoms with Crippen LogP contribution in [0.5, 0.6) is 0 Å². The van der Waals surface area contributed by atoms with Crippen LogP contribution < -0.4 is 5.73 Å². The molecule has 0 aromatic rings. The summed E-state index contributed by atoms with van der Waals surface area (Å²) in [5, 5.41) is 0. The fourth-order valence-corrected chi connectivity index (χ4v) is 3.13. The second-order valence-electron chi connectivity index (χ2n) is 5.96. The molecule has 1 saturated heterocycles. The van der Waals surface area contributed by atoms with E-state index < -0.39 is 0 Å². The molecule has 4 heteroatoms. The van der Waals surface area contributed by atoms with Crippen LogP contribution in [0.15, 0.2) is 0 Å². The van der Waals surface area contributed by atoms with Crippen LogP contribution in [0.1, 0.15) is 45.4 Å². The Kier molecular flexibility index (Phi) is 6.44. The molecule has 106 valence electrons. The van der Waals surface area contributed by atoms with Gasteiger partial charge in [0, 0.05) is 19.0 Å². The normalized spacial score (nSPS) is 29.8. The summed E-state index contributed by atoms with van der Waals surface area (Å²) in [5.41, 5.74) is 5.69. The van der Waals surface area contributed by atoms with Crippen LogP contribution in [0.2, 0.25) is 0 Å². The molecule has 0 aromatic carbocycles.